The maximum Gasteiger partial charge on any atom is 0.321 e. The first-order valence-corrected chi connectivity index (χ1v) is 13.4. The Balaban J connectivity index is 1.68. The average molecular weight is 495 g/mol. The predicted molar refractivity (Wildman–Crippen MR) is 133 cm³/mol. The summed E-state index contributed by atoms with van der Waals surface area (Å²) in [5.74, 6) is 0.00358. The lowest BCUT2D eigenvalue weighted by atomic mass is 9.86. The number of rotatable bonds is 9. The number of fused-ring (bicyclic) bond motifs is 1. The van der Waals surface area contributed by atoms with E-state index in [1.165, 1.54) is 29.5 Å². The molecule has 0 radical (unpaired) electrons. The lowest BCUT2D eigenvalue weighted by molar-refractivity contribution is -0.117. The second kappa shape index (κ2) is 12.0. The third-order valence-electron chi connectivity index (χ3n) is 6.14. The summed E-state index contributed by atoms with van der Waals surface area (Å²) in [6.07, 6.45) is 4.98. The second-order valence-electron chi connectivity index (χ2n) is 8.54. The first-order chi connectivity index (χ1) is 15.8. The van der Waals surface area contributed by atoms with E-state index in [4.69, 9.17) is 9.72 Å². The maximum atomic E-state index is 13.2. The van der Waals surface area contributed by atoms with Crippen molar-refractivity contribution in [1.82, 2.24) is 20.2 Å². The van der Waals surface area contributed by atoms with Crippen molar-refractivity contribution >= 4 is 45.3 Å². The molecule has 0 aliphatic heterocycles. The van der Waals surface area contributed by atoms with E-state index in [1.54, 1.807) is 4.57 Å². The van der Waals surface area contributed by atoms with Crippen LogP contribution in [0.15, 0.2) is 9.95 Å². The number of aryl methyl sites for hydroxylation is 2. The Bertz CT molecular complexity index is 1050. The highest BCUT2D eigenvalue weighted by Gasteiger charge is 2.24. The minimum atomic E-state index is -0.457. The van der Waals surface area contributed by atoms with Crippen LogP contribution in [0.2, 0.25) is 0 Å². The molecule has 182 valence electrons. The van der Waals surface area contributed by atoms with E-state index >= 15 is 0 Å². The van der Waals surface area contributed by atoms with E-state index in [1.807, 2.05) is 20.8 Å². The van der Waals surface area contributed by atoms with Crippen LogP contribution in [0.3, 0.4) is 0 Å². The van der Waals surface area contributed by atoms with E-state index in [0.29, 0.717) is 47.5 Å². The molecule has 10 heteroatoms. The van der Waals surface area contributed by atoms with Gasteiger partial charge in [-0.3, -0.25) is 19.5 Å². The summed E-state index contributed by atoms with van der Waals surface area (Å²) in [6, 6.07) is -0.356. The first-order valence-electron chi connectivity index (χ1n) is 11.6. The van der Waals surface area contributed by atoms with Gasteiger partial charge in [0, 0.05) is 30.7 Å². The number of amides is 3. The fourth-order valence-electron chi connectivity index (χ4n) is 4.11. The van der Waals surface area contributed by atoms with Crippen LogP contribution in [0.25, 0.3) is 10.2 Å². The van der Waals surface area contributed by atoms with Gasteiger partial charge in [0.25, 0.3) is 5.56 Å². The number of thiophene rings is 1. The summed E-state index contributed by atoms with van der Waals surface area (Å²) < 4.78 is 7.04. The van der Waals surface area contributed by atoms with Crippen LogP contribution in [0.4, 0.5) is 4.79 Å². The summed E-state index contributed by atoms with van der Waals surface area (Å²) in [6.45, 7) is 9.61. The number of hydrogen-bond acceptors (Lipinski definition) is 7. The molecule has 3 amide bonds. The summed E-state index contributed by atoms with van der Waals surface area (Å²) in [5, 5.41) is 6.48. The van der Waals surface area contributed by atoms with Crippen LogP contribution < -0.4 is 16.2 Å². The van der Waals surface area contributed by atoms with E-state index in [9.17, 15) is 14.4 Å². The van der Waals surface area contributed by atoms with Crippen LogP contribution in [-0.4, -0.2) is 46.5 Å². The first kappa shape index (κ1) is 25.7. The molecule has 2 heterocycles. The largest absolute Gasteiger partial charge is 0.382 e. The minimum absolute atomic E-state index is 0.000383. The molecule has 0 saturated heterocycles. The molecule has 0 spiro atoms. The molecule has 2 aromatic heterocycles. The van der Waals surface area contributed by atoms with E-state index in [-0.39, 0.29) is 17.4 Å². The van der Waals surface area contributed by atoms with Crippen molar-refractivity contribution in [2.45, 2.75) is 77.5 Å². The van der Waals surface area contributed by atoms with Gasteiger partial charge in [0.15, 0.2) is 5.16 Å². The van der Waals surface area contributed by atoms with Crippen LogP contribution >= 0.6 is 23.1 Å². The number of hydrogen-bond donors (Lipinski definition) is 2. The molecule has 2 atom stereocenters. The number of thioether (sulfide) groups is 1. The van der Waals surface area contributed by atoms with Crippen molar-refractivity contribution in [2.75, 3.05) is 19.0 Å². The quantitative estimate of drug-likeness (QED) is 0.310. The van der Waals surface area contributed by atoms with Gasteiger partial charge in [0.05, 0.1) is 11.1 Å². The van der Waals surface area contributed by atoms with Gasteiger partial charge in [-0.15, -0.1) is 11.3 Å². The molecule has 1 fully saturated rings. The Morgan fingerprint density at radius 1 is 1.27 bits per heavy atom. The average Bonchev–Trinajstić information content (AvgIpc) is 3.06. The van der Waals surface area contributed by atoms with E-state index in [0.717, 1.165) is 29.7 Å². The van der Waals surface area contributed by atoms with Crippen LogP contribution in [0, 0.1) is 19.8 Å². The molecule has 2 N–H and O–H groups in total. The van der Waals surface area contributed by atoms with Crippen molar-refractivity contribution in [3.05, 3.63) is 20.8 Å². The third kappa shape index (κ3) is 6.58. The summed E-state index contributed by atoms with van der Waals surface area (Å²) >= 11 is 2.66. The van der Waals surface area contributed by atoms with Gasteiger partial charge in [0.2, 0.25) is 5.91 Å². The number of aromatic nitrogens is 2. The highest BCUT2D eigenvalue weighted by atomic mass is 32.2. The number of ether oxygens (including phenoxy) is 1. The van der Waals surface area contributed by atoms with E-state index in [2.05, 4.69) is 17.6 Å². The molecule has 1 saturated carbocycles. The lowest BCUT2D eigenvalue weighted by Crippen LogP contribution is -2.48. The monoisotopic (exact) mass is 494 g/mol. The lowest BCUT2D eigenvalue weighted by Gasteiger charge is -2.29. The zero-order valence-electron chi connectivity index (χ0n) is 19.9. The topological polar surface area (TPSA) is 102 Å². The Morgan fingerprint density at radius 3 is 2.76 bits per heavy atom. The molecule has 0 bridgehead atoms. The van der Waals surface area contributed by atoms with Crippen molar-refractivity contribution < 1.29 is 14.3 Å². The predicted octanol–water partition coefficient (Wildman–Crippen LogP) is 4.00. The summed E-state index contributed by atoms with van der Waals surface area (Å²) in [7, 11) is 0. The fraction of sp³-hybridized carbons (Fsp3) is 0.652. The minimum Gasteiger partial charge on any atom is -0.382 e. The zero-order chi connectivity index (χ0) is 24.0. The molecule has 1 aliphatic carbocycles. The Kier molecular flexibility index (Phi) is 9.34. The van der Waals surface area contributed by atoms with Gasteiger partial charge in [-0.1, -0.05) is 31.5 Å². The second-order valence-corrected chi connectivity index (χ2v) is 10.7. The molecule has 8 nitrogen and oxygen atoms in total. The van der Waals surface area contributed by atoms with Crippen LogP contribution in [0.5, 0.6) is 0 Å². The van der Waals surface area contributed by atoms with E-state index < -0.39 is 11.9 Å². The van der Waals surface area contributed by atoms with Crippen molar-refractivity contribution in [3.8, 4) is 0 Å². The molecular weight excluding hydrogens is 460 g/mol. The molecule has 2 aromatic rings. The number of urea groups is 1. The Morgan fingerprint density at radius 2 is 2.03 bits per heavy atom. The van der Waals surface area contributed by atoms with Crippen molar-refractivity contribution in [3.63, 3.8) is 0 Å². The normalized spacial score (nSPS) is 18.4. The maximum absolute atomic E-state index is 13.2. The molecule has 1 aliphatic rings. The smallest absolute Gasteiger partial charge is 0.321 e. The molecular formula is C23H34N4O4S2. The number of imide groups is 1. The van der Waals surface area contributed by atoms with Crippen LogP contribution in [-0.2, 0) is 16.1 Å². The molecule has 0 aromatic carbocycles. The fourth-order valence-corrected chi connectivity index (χ4v) is 6.01. The van der Waals surface area contributed by atoms with Gasteiger partial charge in [0.1, 0.15) is 4.83 Å². The van der Waals surface area contributed by atoms with Gasteiger partial charge >= 0.3 is 6.03 Å². The Labute approximate surface area is 202 Å². The third-order valence-corrected chi connectivity index (χ3v) is 8.22. The molecule has 33 heavy (non-hydrogen) atoms. The number of carbonyl (C=O) groups excluding carboxylic acids is 2. The number of nitrogens with zero attached hydrogens (tertiary/aromatic N) is 2. The highest BCUT2D eigenvalue weighted by Crippen LogP contribution is 2.28. The van der Waals surface area contributed by atoms with Gasteiger partial charge < -0.3 is 10.1 Å². The van der Waals surface area contributed by atoms with Gasteiger partial charge in [-0.05, 0) is 51.5 Å². The summed E-state index contributed by atoms with van der Waals surface area (Å²) in [5.41, 5.74) is 0.860. The van der Waals surface area contributed by atoms with Crippen molar-refractivity contribution in [1.29, 1.82) is 0 Å². The number of nitrogens with one attached hydrogen (secondary N) is 2. The standard InChI is InChI=1S/C23H34N4O4S2/c1-5-31-12-8-11-27-21(29)19-15(3)16(4)33-20(19)26-23(27)32-13-18(28)25-22(30)24-17-10-7-6-9-14(17)2/h14,17H,5-13H2,1-4H3,(H2,24,25,28,30)/t14-,17+/m1/s1. The molecule has 3 rings (SSSR count). The Hall–Kier alpha value is -1.91. The SMILES string of the molecule is CCOCCCn1c(SCC(=O)NC(=O)N[C@H]2CCCC[C@H]2C)nc2sc(C)c(C)c2c1=O. The van der Waals surface area contributed by atoms with Gasteiger partial charge in [-0.2, -0.15) is 0 Å². The van der Waals surface area contributed by atoms with Crippen LogP contribution in [0.1, 0.15) is 56.4 Å². The van der Waals surface area contributed by atoms with Gasteiger partial charge in [-0.25, -0.2) is 9.78 Å². The molecule has 0 unspecified atom stereocenters. The summed E-state index contributed by atoms with van der Waals surface area (Å²) in [4.78, 5) is 44.4. The highest BCUT2D eigenvalue weighted by molar-refractivity contribution is 7.99. The van der Waals surface area contributed by atoms with Crippen molar-refractivity contribution in [2.24, 2.45) is 5.92 Å². The number of carbonyl (C=O) groups is 2. The zero-order valence-corrected chi connectivity index (χ0v) is 21.5.